The minimum atomic E-state index is 0.0910. The van der Waals surface area contributed by atoms with Gasteiger partial charge in [-0.1, -0.05) is 0 Å². The smallest absolute Gasteiger partial charge is 0.254 e. The van der Waals surface area contributed by atoms with E-state index >= 15 is 0 Å². The number of hydrogen-bond donors (Lipinski definition) is 0. The Bertz CT molecular complexity index is 458. The van der Waals surface area contributed by atoms with Crippen molar-refractivity contribution in [1.82, 2.24) is 4.90 Å². The van der Waals surface area contributed by atoms with E-state index in [1.54, 1.807) is 18.2 Å². The normalized spacial score (nSPS) is 21.9. The zero-order valence-corrected chi connectivity index (χ0v) is 9.81. The number of fused-ring (bicyclic) bond motifs is 1. The lowest BCUT2D eigenvalue weighted by Crippen LogP contribution is -2.33. The van der Waals surface area contributed by atoms with E-state index in [-0.39, 0.29) is 12.7 Å². The predicted octanol–water partition coefficient (Wildman–Crippen LogP) is 2.04. The summed E-state index contributed by atoms with van der Waals surface area (Å²) in [6, 6.07) is 5.72. The van der Waals surface area contributed by atoms with Crippen molar-refractivity contribution >= 4 is 5.91 Å². The number of hydrogen-bond acceptors (Lipinski definition) is 3. The van der Waals surface area contributed by atoms with Crippen molar-refractivity contribution in [2.24, 2.45) is 0 Å². The van der Waals surface area contributed by atoms with Gasteiger partial charge in [-0.15, -0.1) is 0 Å². The van der Waals surface area contributed by atoms with E-state index in [1.807, 2.05) is 4.90 Å². The first-order chi connectivity index (χ1) is 8.25. The fourth-order valence-electron chi connectivity index (χ4n) is 2.43. The van der Waals surface area contributed by atoms with Gasteiger partial charge in [0.05, 0.1) is 0 Å². The molecule has 1 amide bonds. The molecule has 90 valence electrons. The molecule has 1 atom stereocenters. The molecule has 0 spiro atoms. The average molecular weight is 233 g/mol. The third-order valence-electron chi connectivity index (χ3n) is 3.43. The highest BCUT2D eigenvalue weighted by molar-refractivity contribution is 5.95. The summed E-state index contributed by atoms with van der Waals surface area (Å²) >= 11 is 0. The van der Waals surface area contributed by atoms with Gasteiger partial charge in [0.1, 0.15) is 0 Å². The van der Waals surface area contributed by atoms with Gasteiger partial charge in [0.2, 0.25) is 6.79 Å². The standard InChI is InChI=1S/C13H15NO3/c1-9-3-2-6-14(9)13(15)10-4-5-11-12(7-10)17-8-16-11/h4-5,7,9H,2-3,6,8H2,1H3. The maximum absolute atomic E-state index is 12.3. The average Bonchev–Trinajstić information content (AvgIpc) is 2.95. The van der Waals surface area contributed by atoms with Crippen LogP contribution in [0.15, 0.2) is 18.2 Å². The third-order valence-corrected chi connectivity index (χ3v) is 3.43. The second-order valence-electron chi connectivity index (χ2n) is 4.56. The van der Waals surface area contributed by atoms with Gasteiger partial charge in [0.25, 0.3) is 5.91 Å². The second kappa shape index (κ2) is 3.95. The molecular weight excluding hydrogens is 218 g/mol. The fraction of sp³-hybridized carbons (Fsp3) is 0.462. The molecule has 1 unspecified atom stereocenters. The number of ether oxygens (including phenoxy) is 2. The van der Waals surface area contributed by atoms with Gasteiger partial charge < -0.3 is 14.4 Å². The summed E-state index contributed by atoms with van der Waals surface area (Å²) < 4.78 is 10.5. The molecule has 0 radical (unpaired) electrons. The van der Waals surface area contributed by atoms with Crippen LogP contribution in [0.4, 0.5) is 0 Å². The van der Waals surface area contributed by atoms with E-state index in [0.717, 1.165) is 25.1 Å². The highest BCUT2D eigenvalue weighted by Gasteiger charge is 2.27. The van der Waals surface area contributed by atoms with Crippen molar-refractivity contribution in [3.63, 3.8) is 0 Å². The highest BCUT2D eigenvalue weighted by atomic mass is 16.7. The Hall–Kier alpha value is -1.71. The Labute approximate surface area is 100 Å². The van der Waals surface area contributed by atoms with Crippen LogP contribution in [0.1, 0.15) is 30.1 Å². The topological polar surface area (TPSA) is 38.8 Å². The number of likely N-dealkylation sites (tertiary alicyclic amines) is 1. The van der Waals surface area contributed by atoms with Crippen molar-refractivity contribution in [2.75, 3.05) is 13.3 Å². The van der Waals surface area contributed by atoms with Gasteiger partial charge in [-0.3, -0.25) is 4.79 Å². The third kappa shape index (κ3) is 1.73. The van der Waals surface area contributed by atoms with Crippen LogP contribution in [-0.2, 0) is 0 Å². The molecule has 2 heterocycles. The molecule has 0 aliphatic carbocycles. The van der Waals surface area contributed by atoms with Crippen LogP contribution in [0.5, 0.6) is 11.5 Å². The molecule has 0 aromatic heterocycles. The highest BCUT2D eigenvalue weighted by Crippen LogP contribution is 2.33. The van der Waals surface area contributed by atoms with E-state index in [1.165, 1.54) is 0 Å². The van der Waals surface area contributed by atoms with Crippen LogP contribution in [0.25, 0.3) is 0 Å². The zero-order chi connectivity index (χ0) is 11.8. The zero-order valence-electron chi connectivity index (χ0n) is 9.81. The van der Waals surface area contributed by atoms with Crippen LogP contribution in [-0.4, -0.2) is 30.2 Å². The van der Waals surface area contributed by atoms with Crippen molar-refractivity contribution in [3.8, 4) is 11.5 Å². The minimum absolute atomic E-state index is 0.0910. The van der Waals surface area contributed by atoms with E-state index < -0.39 is 0 Å². The van der Waals surface area contributed by atoms with E-state index in [2.05, 4.69) is 6.92 Å². The Morgan fingerprint density at radius 2 is 2.18 bits per heavy atom. The molecule has 2 aliphatic rings. The molecule has 3 rings (SSSR count). The SMILES string of the molecule is CC1CCCN1C(=O)c1ccc2c(c1)OCO2. The summed E-state index contributed by atoms with van der Waals surface area (Å²) in [5.74, 6) is 1.48. The predicted molar refractivity (Wildman–Crippen MR) is 62.3 cm³/mol. The minimum Gasteiger partial charge on any atom is -0.454 e. The first-order valence-electron chi connectivity index (χ1n) is 5.96. The van der Waals surface area contributed by atoms with Gasteiger partial charge in [0.15, 0.2) is 11.5 Å². The lowest BCUT2D eigenvalue weighted by Gasteiger charge is -2.21. The van der Waals surface area contributed by atoms with E-state index in [9.17, 15) is 4.79 Å². The molecular formula is C13H15NO3. The van der Waals surface area contributed by atoms with Gasteiger partial charge in [0, 0.05) is 18.2 Å². The Morgan fingerprint density at radius 1 is 1.35 bits per heavy atom. The number of carbonyl (C=O) groups is 1. The van der Waals surface area contributed by atoms with E-state index in [0.29, 0.717) is 17.4 Å². The van der Waals surface area contributed by atoms with Gasteiger partial charge in [-0.05, 0) is 38.0 Å². The van der Waals surface area contributed by atoms with Crippen LogP contribution in [0.3, 0.4) is 0 Å². The van der Waals surface area contributed by atoms with Gasteiger partial charge in [-0.25, -0.2) is 0 Å². The van der Waals surface area contributed by atoms with Gasteiger partial charge >= 0.3 is 0 Å². The van der Waals surface area contributed by atoms with Crippen molar-refractivity contribution < 1.29 is 14.3 Å². The number of rotatable bonds is 1. The monoisotopic (exact) mass is 233 g/mol. The Kier molecular flexibility index (Phi) is 2.42. The van der Waals surface area contributed by atoms with Crippen LogP contribution in [0.2, 0.25) is 0 Å². The van der Waals surface area contributed by atoms with Crippen LogP contribution >= 0.6 is 0 Å². The van der Waals surface area contributed by atoms with Gasteiger partial charge in [-0.2, -0.15) is 0 Å². The summed E-state index contributed by atoms with van der Waals surface area (Å²) in [4.78, 5) is 14.2. The van der Waals surface area contributed by atoms with Crippen molar-refractivity contribution in [3.05, 3.63) is 23.8 Å². The lowest BCUT2D eigenvalue weighted by atomic mass is 10.1. The second-order valence-corrected chi connectivity index (χ2v) is 4.56. The Morgan fingerprint density at radius 3 is 2.94 bits per heavy atom. The van der Waals surface area contributed by atoms with Crippen molar-refractivity contribution in [2.45, 2.75) is 25.8 Å². The number of benzene rings is 1. The molecule has 4 nitrogen and oxygen atoms in total. The van der Waals surface area contributed by atoms with Crippen LogP contribution < -0.4 is 9.47 Å². The molecule has 1 aromatic carbocycles. The summed E-state index contributed by atoms with van der Waals surface area (Å²) in [5, 5.41) is 0. The largest absolute Gasteiger partial charge is 0.454 e. The first-order valence-corrected chi connectivity index (χ1v) is 5.96. The molecule has 1 saturated heterocycles. The molecule has 17 heavy (non-hydrogen) atoms. The lowest BCUT2D eigenvalue weighted by molar-refractivity contribution is 0.0747. The number of nitrogens with zero attached hydrogens (tertiary/aromatic N) is 1. The summed E-state index contributed by atoms with van der Waals surface area (Å²) in [5.41, 5.74) is 0.683. The molecule has 4 heteroatoms. The molecule has 0 N–H and O–H groups in total. The van der Waals surface area contributed by atoms with E-state index in [4.69, 9.17) is 9.47 Å². The Balaban J connectivity index is 1.86. The maximum Gasteiger partial charge on any atom is 0.254 e. The number of amides is 1. The summed E-state index contributed by atoms with van der Waals surface area (Å²) in [7, 11) is 0. The molecule has 2 aliphatic heterocycles. The molecule has 0 bridgehead atoms. The fourth-order valence-corrected chi connectivity index (χ4v) is 2.43. The van der Waals surface area contributed by atoms with Crippen LogP contribution in [0, 0.1) is 0 Å². The van der Waals surface area contributed by atoms with Crippen molar-refractivity contribution in [1.29, 1.82) is 0 Å². The molecule has 1 aromatic rings. The molecule has 1 fully saturated rings. The summed E-state index contributed by atoms with van der Waals surface area (Å²) in [6.45, 7) is 3.19. The number of carbonyl (C=O) groups excluding carboxylic acids is 1. The maximum atomic E-state index is 12.3. The quantitative estimate of drug-likeness (QED) is 0.745. The molecule has 0 saturated carbocycles. The summed E-state index contributed by atoms with van der Waals surface area (Å²) in [6.07, 6.45) is 2.19. The first kappa shape index (κ1) is 10.4.